The summed E-state index contributed by atoms with van der Waals surface area (Å²) >= 11 is 1.58. The zero-order chi connectivity index (χ0) is 17.3. The lowest BCUT2D eigenvalue weighted by Crippen LogP contribution is -2.48. The Bertz CT molecular complexity index is 661. The predicted octanol–water partition coefficient (Wildman–Crippen LogP) is 3.62. The summed E-state index contributed by atoms with van der Waals surface area (Å²) in [6.07, 6.45) is 4.30. The van der Waals surface area contributed by atoms with E-state index in [2.05, 4.69) is 0 Å². The quantitative estimate of drug-likeness (QED) is 0.833. The molecule has 0 N–H and O–H groups in total. The van der Waals surface area contributed by atoms with Gasteiger partial charge in [0, 0.05) is 25.8 Å². The Balaban J connectivity index is 1.85. The molecule has 1 atom stereocenters. The molecule has 0 spiro atoms. The molecule has 1 heterocycles. The molecule has 0 radical (unpaired) electrons. The van der Waals surface area contributed by atoms with Crippen LogP contribution in [0.3, 0.4) is 0 Å². The molecule has 24 heavy (non-hydrogen) atoms. The van der Waals surface area contributed by atoms with Gasteiger partial charge in [-0.25, -0.2) is 8.78 Å². The van der Waals surface area contributed by atoms with Crippen LogP contribution in [0.2, 0.25) is 0 Å². The van der Waals surface area contributed by atoms with Crippen LogP contribution in [0.4, 0.5) is 14.5 Å². The molecule has 0 bridgehead atoms. The standard InChI is InChI=1S/C17H21F2N3OS/c1-11(23)22(15-8-7-12(18)9-14(15)19)16-10-24-17(21(16)2)20-13-5-3-4-6-13/h7-9,13,16H,3-6,10H2,1-2H3. The highest BCUT2D eigenvalue weighted by Gasteiger charge is 2.36. The smallest absolute Gasteiger partial charge is 0.225 e. The molecule has 1 saturated heterocycles. The van der Waals surface area contributed by atoms with Crippen molar-refractivity contribution in [2.75, 3.05) is 17.7 Å². The van der Waals surface area contributed by atoms with Crippen LogP contribution in [0.5, 0.6) is 0 Å². The molecule has 1 aromatic rings. The maximum absolute atomic E-state index is 14.2. The van der Waals surface area contributed by atoms with Gasteiger partial charge in [0.15, 0.2) is 5.17 Å². The van der Waals surface area contributed by atoms with Crippen molar-refractivity contribution in [3.63, 3.8) is 0 Å². The van der Waals surface area contributed by atoms with E-state index in [-0.39, 0.29) is 17.8 Å². The summed E-state index contributed by atoms with van der Waals surface area (Å²) in [4.78, 5) is 20.3. The summed E-state index contributed by atoms with van der Waals surface area (Å²) < 4.78 is 27.4. The van der Waals surface area contributed by atoms with Gasteiger partial charge in [0.25, 0.3) is 0 Å². The van der Waals surface area contributed by atoms with Crippen LogP contribution in [-0.2, 0) is 4.79 Å². The molecular weight excluding hydrogens is 332 g/mol. The zero-order valence-corrected chi connectivity index (χ0v) is 14.7. The van der Waals surface area contributed by atoms with Crippen LogP contribution in [0.1, 0.15) is 32.6 Å². The van der Waals surface area contributed by atoms with Gasteiger partial charge in [0.05, 0.1) is 11.7 Å². The first-order valence-corrected chi connectivity index (χ1v) is 9.14. The second-order valence-electron chi connectivity index (χ2n) is 6.24. The summed E-state index contributed by atoms with van der Waals surface area (Å²) in [5.74, 6) is -1.06. The average Bonchev–Trinajstić information content (AvgIpc) is 3.14. The number of benzene rings is 1. The number of nitrogens with zero attached hydrogens (tertiary/aromatic N) is 3. The SMILES string of the molecule is CC(=O)N(c1ccc(F)cc1F)C1CSC(=NC2CCCC2)N1C. The molecule has 2 aliphatic rings. The molecule has 1 saturated carbocycles. The molecule has 3 rings (SSSR count). The van der Waals surface area contributed by atoms with Crippen molar-refractivity contribution in [2.24, 2.45) is 4.99 Å². The van der Waals surface area contributed by atoms with E-state index in [9.17, 15) is 13.6 Å². The Morgan fingerprint density at radius 3 is 2.67 bits per heavy atom. The van der Waals surface area contributed by atoms with Gasteiger partial charge in [0.2, 0.25) is 5.91 Å². The summed E-state index contributed by atoms with van der Waals surface area (Å²) in [6.45, 7) is 1.40. The van der Waals surface area contributed by atoms with Crippen LogP contribution in [0, 0.1) is 11.6 Å². The summed E-state index contributed by atoms with van der Waals surface area (Å²) in [5.41, 5.74) is 0.100. The fourth-order valence-corrected chi connectivity index (χ4v) is 4.49. The van der Waals surface area contributed by atoms with Gasteiger partial charge in [-0.15, -0.1) is 0 Å². The van der Waals surface area contributed by atoms with Gasteiger partial charge < -0.3 is 4.90 Å². The first-order valence-electron chi connectivity index (χ1n) is 8.15. The number of halogens is 2. The molecule has 130 valence electrons. The van der Waals surface area contributed by atoms with E-state index >= 15 is 0 Å². The molecule has 2 fully saturated rings. The number of carbonyl (C=O) groups is 1. The van der Waals surface area contributed by atoms with Gasteiger partial charge in [-0.3, -0.25) is 14.7 Å². The van der Waals surface area contributed by atoms with E-state index in [0.29, 0.717) is 11.8 Å². The zero-order valence-electron chi connectivity index (χ0n) is 13.8. The van der Waals surface area contributed by atoms with E-state index in [1.165, 1.54) is 36.8 Å². The monoisotopic (exact) mass is 353 g/mol. The molecule has 4 nitrogen and oxygen atoms in total. The van der Waals surface area contributed by atoms with Crippen LogP contribution in [0.15, 0.2) is 23.2 Å². The predicted molar refractivity (Wildman–Crippen MR) is 93.2 cm³/mol. The van der Waals surface area contributed by atoms with Crippen LogP contribution < -0.4 is 4.90 Å². The van der Waals surface area contributed by atoms with Crippen molar-refractivity contribution in [3.05, 3.63) is 29.8 Å². The van der Waals surface area contributed by atoms with Crippen molar-refractivity contribution >= 4 is 28.5 Å². The first-order chi connectivity index (χ1) is 11.5. The molecule has 1 aliphatic heterocycles. The number of carbonyl (C=O) groups excluding carboxylic acids is 1. The molecule has 7 heteroatoms. The number of rotatable bonds is 3. The number of aliphatic imine (C=N–C) groups is 1. The third-order valence-corrected chi connectivity index (χ3v) is 5.65. The highest BCUT2D eigenvalue weighted by molar-refractivity contribution is 8.14. The number of hydrogen-bond donors (Lipinski definition) is 0. The van der Waals surface area contributed by atoms with Crippen molar-refractivity contribution < 1.29 is 13.6 Å². The Kier molecular flexibility index (Phi) is 5.08. The van der Waals surface area contributed by atoms with Gasteiger partial charge >= 0.3 is 0 Å². The average molecular weight is 353 g/mol. The van der Waals surface area contributed by atoms with Crippen molar-refractivity contribution in [1.29, 1.82) is 0 Å². The number of amides is 1. The van der Waals surface area contributed by atoms with Crippen molar-refractivity contribution in [2.45, 2.75) is 44.8 Å². The molecular formula is C17H21F2N3OS. The number of hydrogen-bond acceptors (Lipinski definition) is 3. The minimum Gasteiger partial charge on any atom is -0.333 e. The Morgan fingerprint density at radius 2 is 2.04 bits per heavy atom. The molecule has 1 aliphatic carbocycles. The number of amidine groups is 1. The van der Waals surface area contributed by atoms with Crippen LogP contribution in [-0.4, -0.2) is 41.0 Å². The van der Waals surface area contributed by atoms with E-state index in [1.807, 2.05) is 11.9 Å². The minimum atomic E-state index is -0.732. The van der Waals surface area contributed by atoms with Crippen LogP contribution in [0.25, 0.3) is 0 Å². The Morgan fingerprint density at radius 1 is 1.33 bits per heavy atom. The van der Waals surface area contributed by atoms with Gasteiger partial charge in [0.1, 0.15) is 17.8 Å². The lowest BCUT2D eigenvalue weighted by Gasteiger charge is -2.33. The first kappa shape index (κ1) is 17.2. The topological polar surface area (TPSA) is 35.9 Å². The second-order valence-corrected chi connectivity index (χ2v) is 7.22. The third kappa shape index (κ3) is 3.41. The Hall–Kier alpha value is -1.63. The molecule has 1 amide bonds. The molecule has 1 unspecified atom stereocenters. The fraction of sp³-hybridized carbons (Fsp3) is 0.529. The van der Waals surface area contributed by atoms with E-state index in [0.717, 1.165) is 24.1 Å². The van der Waals surface area contributed by atoms with E-state index < -0.39 is 11.6 Å². The van der Waals surface area contributed by atoms with Crippen molar-refractivity contribution in [3.8, 4) is 0 Å². The van der Waals surface area contributed by atoms with Gasteiger partial charge in [-0.2, -0.15) is 0 Å². The van der Waals surface area contributed by atoms with Gasteiger partial charge in [-0.05, 0) is 25.0 Å². The van der Waals surface area contributed by atoms with E-state index in [4.69, 9.17) is 4.99 Å². The maximum Gasteiger partial charge on any atom is 0.225 e. The number of thioether (sulfide) groups is 1. The number of anilines is 1. The van der Waals surface area contributed by atoms with Gasteiger partial charge in [-0.1, -0.05) is 24.6 Å². The normalized spacial score (nSPS) is 23.2. The lowest BCUT2D eigenvalue weighted by molar-refractivity contribution is -0.117. The third-order valence-electron chi connectivity index (χ3n) is 4.53. The maximum atomic E-state index is 14.2. The summed E-state index contributed by atoms with van der Waals surface area (Å²) in [7, 11) is 1.87. The minimum absolute atomic E-state index is 0.100. The largest absolute Gasteiger partial charge is 0.333 e. The molecule has 1 aromatic carbocycles. The Labute approximate surface area is 144 Å². The second kappa shape index (κ2) is 7.09. The van der Waals surface area contributed by atoms with Crippen molar-refractivity contribution in [1.82, 2.24) is 4.90 Å². The summed E-state index contributed by atoms with van der Waals surface area (Å²) in [6, 6.07) is 3.64. The lowest BCUT2D eigenvalue weighted by atomic mass is 10.2. The fourth-order valence-electron chi connectivity index (χ4n) is 3.27. The molecule has 0 aromatic heterocycles. The van der Waals surface area contributed by atoms with Crippen LogP contribution >= 0.6 is 11.8 Å². The summed E-state index contributed by atoms with van der Waals surface area (Å²) in [5, 5.41) is 0.890. The van der Waals surface area contributed by atoms with E-state index in [1.54, 1.807) is 11.8 Å². The highest BCUT2D eigenvalue weighted by atomic mass is 32.2. The highest BCUT2D eigenvalue weighted by Crippen LogP contribution is 2.32.